The molecule has 1 aliphatic rings. The van der Waals surface area contributed by atoms with Crippen molar-refractivity contribution in [1.29, 1.82) is 0 Å². The van der Waals surface area contributed by atoms with Crippen LogP contribution in [0.25, 0.3) is 0 Å². The number of nitrogens with zero attached hydrogens (tertiary/aromatic N) is 1. The third-order valence-corrected chi connectivity index (χ3v) is 6.00. The molecule has 39 heavy (non-hydrogen) atoms. The largest absolute Gasteiger partial charge is 0.416 e. The lowest BCUT2D eigenvalue weighted by atomic mass is 10.1. The summed E-state index contributed by atoms with van der Waals surface area (Å²) in [6.45, 7) is 4.74. The first-order valence-electron chi connectivity index (χ1n) is 12.5. The van der Waals surface area contributed by atoms with Crippen LogP contribution in [0.4, 0.5) is 48.2 Å². The van der Waals surface area contributed by atoms with Crippen LogP contribution in [0.3, 0.4) is 0 Å². The van der Waals surface area contributed by atoms with Gasteiger partial charge in [-0.25, -0.2) is 4.79 Å². The van der Waals surface area contributed by atoms with Gasteiger partial charge in [0.2, 0.25) is 0 Å². The van der Waals surface area contributed by atoms with Gasteiger partial charge in [-0.1, -0.05) is 0 Å². The van der Waals surface area contributed by atoms with Gasteiger partial charge in [0.25, 0.3) is 5.91 Å². The van der Waals surface area contributed by atoms with Crippen molar-refractivity contribution >= 4 is 29.0 Å². The summed E-state index contributed by atoms with van der Waals surface area (Å²) in [5.74, 6) is -0.385. The van der Waals surface area contributed by atoms with E-state index in [0.717, 1.165) is 32.4 Å². The van der Waals surface area contributed by atoms with E-state index in [9.17, 15) is 35.9 Å². The normalized spacial score (nSPS) is 14.2. The number of hydrogen-bond acceptors (Lipinski definition) is 4. The van der Waals surface area contributed by atoms with E-state index in [1.54, 1.807) is 6.07 Å². The summed E-state index contributed by atoms with van der Waals surface area (Å²) < 4.78 is 84.1. The van der Waals surface area contributed by atoms with E-state index in [-0.39, 0.29) is 23.2 Å². The van der Waals surface area contributed by atoms with Crippen molar-refractivity contribution in [3.63, 3.8) is 0 Å². The molecule has 0 atom stereocenters. The third-order valence-electron chi connectivity index (χ3n) is 6.00. The summed E-state index contributed by atoms with van der Waals surface area (Å²) in [7, 11) is 0. The van der Waals surface area contributed by atoms with Gasteiger partial charge in [-0.3, -0.25) is 4.79 Å². The van der Waals surface area contributed by atoms with Crippen molar-refractivity contribution in [3.8, 4) is 0 Å². The second-order valence-electron chi connectivity index (χ2n) is 8.96. The molecule has 1 saturated heterocycles. The fourth-order valence-electron chi connectivity index (χ4n) is 4.14. The highest BCUT2D eigenvalue weighted by Gasteiger charge is 2.37. The molecular formula is C26H30F6N4O3. The molecule has 1 fully saturated rings. The molecule has 7 nitrogen and oxygen atoms in total. The van der Waals surface area contributed by atoms with Crippen LogP contribution in [0.5, 0.6) is 0 Å². The summed E-state index contributed by atoms with van der Waals surface area (Å²) in [4.78, 5) is 27.6. The lowest BCUT2D eigenvalue weighted by molar-refractivity contribution is -0.143. The quantitative estimate of drug-likeness (QED) is 0.241. The number of nitrogens with one attached hydrogen (secondary N) is 3. The van der Waals surface area contributed by atoms with Gasteiger partial charge in [-0.15, -0.1) is 0 Å². The second kappa shape index (κ2) is 13.0. The molecular weight excluding hydrogens is 530 g/mol. The maximum Gasteiger partial charge on any atom is 0.416 e. The molecule has 0 bridgehead atoms. The van der Waals surface area contributed by atoms with Gasteiger partial charge in [0.15, 0.2) is 0 Å². The zero-order chi connectivity index (χ0) is 28.6. The molecule has 1 aliphatic heterocycles. The minimum absolute atomic E-state index is 0.0261. The molecule has 0 aromatic heterocycles. The molecule has 0 spiro atoms. The molecule has 0 aliphatic carbocycles. The summed E-state index contributed by atoms with van der Waals surface area (Å²) >= 11 is 0. The number of rotatable bonds is 9. The summed E-state index contributed by atoms with van der Waals surface area (Å²) in [5, 5.41) is 7.22. The third kappa shape index (κ3) is 8.77. The van der Waals surface area contributed by atoms with Crippen LogP contribution in [0, 0.1) is 0 Å². The minimum atomic E-state index is -5.05. The van der Waals surface area contributed by atoms with E-state index in [0.29, 0.717) is 44.0 Å². The number of urea groups is 1. The molecule has 2 aromatic rings. The van der Waals surface area contributed by atoms with Crippen LogP contribution in [0.2, 0.25) is 0 Å². The Bertz CT molecular complexity index is 1120. The molecule has 214 valence electrons. The number of ether oxygens (including phenoxy) is 1. The molecule has 3 amide bonds. The number of hydrogen-bond donors (Lipinski definition) is 3. The van der Waals surface area contributed by atoms with Crippen LogP contribution < -0.4 is 20.9 Å². The number of amides is 3. The van der Waals surface area contributed by atoms with E-state index in [1.807, 2.05) is 12.2 Å². The van der Waals surface area contributed by atoms with E-state index >= 15 is 0 Å². The minimum Gasteiger partial charge on any atom is -0.382 e. The fourth-order valence-corrected chi connectivity index (χ4v) is 4.14. The van der Waals surface area contributed by atoms with Crippen molar-refractivity contribution < 1.29 is 40.7 Å². The second-order valence-corrected chi connectivity index (χ2v) is 8.96. The van der Waals surface area contributed by atoms with E-state index in [2.05, 4.69) is 15.5 Å². The lowest BCUT2D eigenvalue weighted by Crippen LogP contribution is -2.33. The Morgan fingerprint density at radius 1 is 0.872 bits per heavy atom. The number of carbonyl (C=O) groups excluding carboxylic acids is 2. The molecule has 3 rings (SSSR count). The van der Waals surface area contributed by atoms with E-state index in [1.165, 1.54) is 12.1 Å². The van der Waals surface area contributed by atoms with Gasteiger partial charge in [-0.05, 0) is 69.0 Å². The van der Waals surface area contributed by atoms with Crippen molar-refractivity contribution in [2.45, 2.75) is 45.0 Å². The molecule has 1 heterocycles. The predicted molar refractivity (Wildman–Crippen MR) is 135 cm³/mol. The molecule has 0 radical (unpaired) electrons. The standard InChI is InChI=1S/C26H30F6N4O3/c1-2-39-12-6-9-33-23(37)21-16-19(7-8-22(21)36-10-4-3-5-11-36)34-24(38)35-20-14-17(25(27,28)29)13-18(15-20)26(30,31)32/h7-8,13-16H,2-6,9-12H2,1H3,(H,33,37)(H2,34,35,38). The Labute approximate surface area is 221 Å². The first-order valence-corrected chi connectivity index (χ1v) is 12.5. The summed E-state index contributed by atoms with van der Waals surface area (Å²) in [6.07, 6.45) is -6.53. The number of carbonyl (C=O) groups is 2. The van der Waals surface area contributed by atoms with Gasteiger partial charge >= 0.3 is 18.4 Å². The smallest absolute Gasteiger partial charge is 0.382 e. The van der Waals surface area contributed by atoms with Gasteiger partial charge in [0.05, 0.1) is 16.7 Å². The zero-order valence-electron chi connectivity index (χ0n) is 21.3. The first kappa shape index (κ1) is 30.1. The van der Waals surface area contributed by atoms with Crippen LogP contribution in [0.15, 0.2) is 36.4 Å². The van der Waals surface area contributed by atoms with E-state index in [4.69, 9.17) is 4.74 Å². The van der Waals surface area contributed by atoms with Crippen molar-refractivity contribution in [2.75, 3.05) is 48.4 Å². The zero-order valence-corrected chi connectivity index (χ0v) is 21.3. The Hall–Kier alpha value is -3.48. The highest BCUT2D eigenvalue weighted by Crippen LogP contribution is 2.37. The fraction of sp³-hybridized carbons (Fsp3) is 0.462. The van der Waals surface area contributed by atoms with Crippen molar-refractivity contribution in [1.82, 2.24) is 5.32 Å². The molecule has 3 N–H and O–H groups in total. The number of benzene rings is 2. The molecule has 0 unspecified atom stereocenters. The molecule has 0 saturated carbocycles. The Morgan fingerprint density at radius 3 is 2.08 bits per heavy atom. The monoisotopic (exact) mass is 560 g/mol. The summed E-state index contributed by atoms with van der Waals surface area (Å²) in [5.41, 5.74) is -2.72. The van der Waals surface area contributed by atoms with Crippen LogP contribution in [0.1, 0.15) is 54.1 Å². The number of halogens is 6. The molecule has 2 aromatic carbocycles. The predicted octanol–water partition coefficient (Wildman–Crippen LogP) is 6.51. The SMILES string of the molecule is CCOCCCNC(=O)c1cc(NC(=O)Nc2cc(C(F)(F)F)cc(C(F)(F)F)c2)ccc1N1CCCCC1. The summed E-state index contributed by atoms with van der Waals surface area (Å²) in [6, 6.07) is 4.32. The Kier molecular flexibility index (Phi) is 10.1. The van der Waals surface area contributed by atoms with Gasteiger partial charge in [-0.2, -0.15) is 26.3 Å². The number of piperidine rings is 1. The van der Waals surface area contributed by atoms with Gasteiger partial charge in [0, 0.05) is 49.9 Å². The Balaban J connectivity index is 1.80. The first-order chi connectivity index (χ1) is 18.4. The lowest BCUT2D eigenvalue weighted by Gasteiger charge is -2.30. The van der Waals surface area contributed by atoms with Crippen LogP contribution in [-0.4, -0.2) is 44.8 Å². The highest BCUT2D eigenvalue weighted by atomic mass is 19.4. The van der Waals surface area contributed by atoms with E-state index < -0.39 is 35.2 Å². The number of anilines is 3. The van der Waals surface area contributed by atoms with Crippen LogP contribution >= 0.6 is 0 Å². The van der Waals surface area contributed by atoms with Crippen LogP contribution in [-0.2, 0) is 17.1 Å². The maximum atomic E-state index is 13.1. The number of alkyl halides is 6. The topological polar surface area (TPSA) is 82.7 Å². The van der Waals surface area contributed by atoms with Gasteiger partial charge < -0.3 is 25.6 Å². The average Bonchev–Trinajstić information content (AvgIpc) is 2.87. The van der Waals surface area contributed by atoms with Crippen molar-refractivity contribution in [2.24, 2.45) is 0 Å². The van der Waals surface area contributed by atoms with Crippen molar-refractivity contribution in [3.05, 3.63) is 53.1 Å². The highest BCUT2D eigenvalue weighted by molar-refractivity contribution is 6.04. The Morgan fingerprint density at radius 2 is 1.49 bits per heavy atom. The van der Waals surface area contributed by atoms with Gasteiger partial charge in [0.1, 0.15) is 0 Å². The maximum absolute atomic E-state index is 13.1. The molecule has 13 heteroatoms. The average molecular weight is 561 g/mol.